The van der Waals surface area contributed by atoms with Gasteiger partial charge in [-0.1, -0.05) is 12.1 Å². The van der Waals surface area contributed by atoms with E-state index < -0.39 is 0 Å². The molecular weight excluding hydrogens is 226 g/mol. The second kappa shape index (κ2) is 5.21. The van der Waals surface area contributed by atoms with Gasteiger partial charge in [0, 0.05) is 20.0 Å². The van der Waals surface area contributed by atoms with Gasteiger partial charge < -0.3 is 10.2 Å². The summed E-state index contributed by atoms with van der Waals surface area (Å²) in [7, 11) is 3.71. The molecule has 0 heterocycles. The van der Waals surface area contributed by atoms with Crippen LogP contribution in [0, 0.1) is 5.92 Å². The molecule has 2 rings (SSSR count). The molecular formula is C14H19N3O. The van der Waals surface area contributed by atoms with Crippen molar-refractivity contribution >= 4 is 23.1 Å². The molecule has 1 fully saturated rings. The summed E-state index contributed by atoms with van der Waals surface area (Å²) in [6.45, 7) is 1.94. The van der Waals surface area contributed by atoms with Crippen LogP contribution in [0.25, 0.3) is 0 Å². The van der Waals surface area contributed by atoms with E-state index in [4.69, 9.17) is 0 Å². The highest BCUT2D eigenvalue weighted by Crippen LogP contribution is 2.32. The molecule has 4 heteroatoms. The molecule has 0 saturated heterocycles. The number of nitrogens with one attached hydrogen (secondary N) is 1. The quantitative estimate of drug-likeness (QED) is 0.657. The number of hydrogen-bond acceptors (Lipinski definition) is 2. The zero-order valence-electron chi connectivity index (χ0n) is 11.1. The molecule has 0 atom stereocenters. The van der Waals surface area contributed by atoms with Crippen LogP contribution in [0.3, 0.4) is 0 Å². The lowest BCUT2D eigenvalue weighted by atomic mass is 10.2. The monoisotopic (exact) mass is 245 g/mol. The predicted octanol–water partition coefficient (Wildman–Crippen LogP) is 2.52. The zero-order chi connectivity index (χ0) is 13.1. The molecule has 0 aliphatic heterocycles. The highest BCUT2D eigenvalue weighted by molar-refractivity contribution is 6.02. The first-order chi connectivity index (χ1) is 8.63. The van der Waals surface area contributed by atoms with Crippen molar-refractivity contribution in [2.24, 2.45) is 10.9 Å². The predicted molar refractivity (Wildman–Crippen MR) is 75.2 cm³/mol. The molecule has 0 spiro atoms. The smallest absolute Gasteiger partial charge is 0.227 e. The third kappa shape index (κ3) is 2.70. The van der Waals surface area contributed by atoms with Gasteiger partial charge in [0.1, 0.15) is 0 Å². The number of rotatable bonds is 3. The highest BCUT2D eigenvalue weighted by Gasteiger charge is 2.30. The topological polar surface area (TPSA) is 44.7 Å². The van der Waals surface area contributed by atoms with Gasteiger partial charge in [-0.25, -0.2) is 0 Å². The fourth-order valence-electron chi connectivity index (χ4n) is 1.78. The highest BCUT2D eigenvalue weighted by atomic mass is 16.2. The standard InChI is InChI=1S/C14H19N3O/c1-10(15-2)17(3)13-7-5-4-6-12(13)16-14(18)11-8-9-11/h4-7,11H,8-9H2,1-3H3,(H,16,18). The van der Waals surface area contributed by atoms with Crippen LogP contribution < -0.4 is 10.2 Å². The molecule has 18 heavy (non-hydrogen) atoms. The van der Waals surface area contributed by atoms with Crippen LogP contribution in [-0.4, -0.2) is 25.8 Å². The maximum absolute atomic E-state index is 11.8. The van der Waals surface area contributed by atoms with E-state index in [1.165, 1.54) is 0 Å². The van der Waals surface area contributed by atoms with Gasteiger partial charge in [0.05, 0.1) is 17.2 Å². The first kappa shape index (κ1) is 12.6. The van der Waals surface area contributed by atoms with Crippen LogP contribution in [0.4, 0.5) is 11.4 Å². The summed E-state index contributed by atoms with van der Waals surface area (Å²) in [4.78, 5) is 18.0. The summed E-state index contributed by atoms with van der Waals surface area (Å²) in [5, 5.41) is 3.00. The summed E-state index contributed by atoms with van der Waals surface area (Å²) >= 11 is 0. The largest absolute Gasteiger partial charge is 0.332 e. The lowest BCUT2D eigenvalue weighted by molar-refractivity contribution is -0.117. The molecule has 4 nitrogen and oxygen atoms in total. The molecule has 1 saturated carbocycles. The number of nitrogens with zero attached hydrogens (tertiary/aromatic N) is 2. The number of carbonyl (C=O) groups excluding carboxylic acids is 1. The number of amides is 1. The van der Waals surface area contributed by atoms with Crippen LogP contribution in [0.5, 0.6) is 0 Å². The first-order valence-corrected chi connectivity index (χ1v) is 6.20. The van der Waals surface area contributed by atoms with E-state index in [1.54, 1.807) is 7.05 Å². The third-order valence-corrected chi connectivity index (χ3v) is 3.28. The van der Waals surface area contributed by atoms with E-state index in [0.29, 0.717) is 0 Å². The molecule has 96 valence electrons. The van der Waals surface area contributed by atoms with Crippen molar-refractivity contribution < 1.29 is 4.79 Å². The van der Waals surface area contributed by atoms with Crippen molar-refractivity contribution in [3.8, 4) is 0 Å². The van der Waals surface area contributed by atoms with Crippen molar-refractivity contribution in [2.75, 3.05) is 24.3 Å². The molecule has 0 aromatic heterocycles. The number of hydrogen-bond donors (Lipinski definition) is 1. The Morgan fingerprint density at radius 1 is 1.39 bits per heavy atom. The SMILES string of the molecule is CN=C(C)N(C)c1ccccc1NC(=O)C1CC1. The van der Waals surface area contributed by atoms with E-state index in [-0.39, 0.29) is 11.8 Å². The minimum Gasteiger partial charge on any atom is -0.332 e. The summed E-state index contributed by atoms with van der Waals surface area (Å²) in [5.41, 5.74) is 1.81. The summed E-state index contributed by atoms with van der Waals surface area (Å²) in [6.07, 6.45) is 2.03. The number of anilines is 2. The number of amidine groups is 1. The molecule has 1 aromatic rings. The second-order valence-electron chi connectivity index (χ2n) is 4.61. The van der Waals surface area contributed by atoms with Gasteiger partial charge in [-0.05, 0) is 31.9 Å². The lowest BCUT2D eigenvalue weighted by Crippen LogP contribution is -2.25. The van der Waals surface area contributed by atoms with E-state index in [0.717, 1.165) is 30.1 Å². The maximum atomic E-state index is 11.8. The second-order valence-corrected chi connectivity index (χ2v) is 4.61. The molecule has 1 N–H and O–H groups in total. The number of para-hydroxylation sites is 2. The van der Waals surface area contributed by atoms with E-state index in [1.807, 2.05) is 43.1 Å². The fraction of sp³-hybridized carbons (Fsp3) is 0.429. The van der Waals surface area contributed by atoms with E-state index in [2.05, 4.69) is 10.3 Å². The minimum atomic E-state index is 0.127. The number of carbonyl (C=O) groups is 1. The normalized spacial score (nSPS) is 15.4. The Bertz CT molecular complexity index is 478. The van der Waals surface area contributed by atoms with Crippen molar-refractivity contribution in [2.45, 2.75) is 19.8 Å². The van der Waals surface area contributed by atoms with Crippen LogP contribution in [-0.2, 0) is 4.79 Å². The average Bonchev–Trinajstić information content (AvgIpc) is 3.22. The van der Waals surface area contributed by atoms with Gasteiger partial charge in [0.2, 0.25) is 5.91 Å². The fourth-order valence-corrected chi connectivity index (χ4v) is 1.78. The van der Waals surface area contributed by atoms with Gasteiger partial charge >= 0.3 is 0 Å². The van der Waals surface area contributed by atoms with Crippen molar-refractivity contribution in [3.05, 3.63) is 24.3 Å². The number of aliphatic imine (C=N–C) groups is 1. The van der Waals surface area contributed by atoms with Gasteiger partial charge in [0.15, 0.2) is 0 Å². The zero-order valence-corrected chi connectivity index (χ0v) is 11.1. The Hall–Kier alpha value is -1.84. The maximum Gasteiger partial charge on any atom is 0.227 e. The van der Waals surface area contributed by atoms with E-state index >= 15 is 0 Å². The van der Waals surface area contributed by atoms with Crippen molar-refractivity contribution in [1.29, 1.82) is 0 Å². The third-order valence-electron chi connectivity index (χ3n) is 3.28. The van der Waals surface area contributed by atoms with Crippen LogP contribution in [0.15, 0.2) is 29.3 Å². The Morgan fingerprint density at radius 3 is 2.67 bits per heavy atom. The van der Waals surface area contributed by atoms with Crippen LogP contribution in [0.1, 0.15) is 19.8 Å². The van der Waals surface area contributed by atoms with E-state index in [9.17, 15) is 4.79 Å². The minimum absolute atomic E-state index is 0.127. The van der Waals surface area contributed by atoms with Gasteiger partial charge in [-0.2, -0.15) is 0 Å². The summed E-state index contributed by atoms with van der Waals surface area (Å²) in [6, 6.07) is 7.80. The van der Waals surface area contributed by atoms with Crippen molar-refractivity contribution in [3.63, 3.8) is 0 Å². The average molecular weight is 245 g/mol. The van der Waals surface area contributed by atoms with Gasteiger partial charge in [0.25, 0.3) is 0 Å². The molecule has 0 unspecified atom stereocenters. The van der Waals surface area contributed by atoms with Gasteiger partial charge in [-0.15, -0.1) is 0 Å². The lowest BCUT2D eigenvalue weighted by Gasteiger charge is -2.22. The Balaban J connectivity index is 2.21. The summed E-state index contributed by atoms with van der Waals surface area (Å²) < 4.78 is 0. The van der Waals surface area contributed by atoms with Crippen molar-refractivity contribution in [1.82, 2.24) is 0 Å². The Morgan fingerprint density at radius 2 is 2.06 bits per heavy atom. The van der Waals surface area contributed by atoms with Crippen LogP contribution >= 0.6 is 0 Å². The Labute approximate surface area is 108 Å². The molecule has 1 aliphatic carbocycles. The first-order valence-electron chi connectivity index (χ1n) is 6.20. The molecule has 1 aliphatic rings. The molecule has 1 aromatic carbocycles. The number of benzene rings is 1. The van der Waals surface area contributed by atoms with Gasteiger partial charge in [-0.3, -0.25) is 9.79 Å². The molecule has 0 radical (unpaired) electrons. The summed E-state index contributed by atoms with van der Waals surface area (Å²) in [5.74, 6) is 1.24. The Kier molecular flexibility index (Phi) is 3.65. The van der Waals surface area contributed by atoms with Crippen LogP contribution in [0.2, 0.25) is 0 Å². The molecule has 0 bridgehead atoms. The molecule has 1 amide bonds.